The number of aliphatic hydroxyl groups excluding tert-OH is 1. The van der Waals surface area contributed by atoms with Gasteiger partial charge in [0.05, 0.1) is 0 Å². The Hall–Kier alpha value is -0.780. The third kappa shape index (κ3) is 2.87. The van der Waals surface area contributed by atoms with Crippen LogP contribution in [0.15, 0.2) is 24.3 Å². The van der Waals surface area contributed by atoms with Crippen molar-refractivity contribution >= 4 is 27.1 Å². The normalized spacial score (nSPS) is 15.7. The molecule has 1 aromatic carbocycles. The fraction of sp³-hybridized carbons (Fsp3) is 0.400. The van der Waals surface area contributed by atoms with Gasteiger partial charge in [-0.1, -0.05) is 19.1 Å². The summed E-state index contributed by atoms with van der Waals surface area (Å²) < 4.78 is 21.6. The molecule has 0 fully saturated rings. The Balaban J connectivity index is 2.99. The molecule has 1 rings (SSSR count). The SMILES string of the molecule is CCS(=O)(=O)[C@@H](Cl)[C@H](O)c1cccc(N)c1. The summed E-state index contributed by atoms with van der Waals surface area (Å²) in [5, 5.41) is 9.81. The summed E-state index contributed by atoms with van der Waals surface area (Å²) in [5.74, 6) is -0.111. The molecule has 4 nitrogen and oxygen atoms in total. The van der Waals surface area contributed by atoms with Crippen LogP contribution in [0.3, 0.4) is 0 Å². The van der Waals surface area contributed by atoms with Crippen LogP contribution in [0.2, 0.25) is 0 Å². The average molecular weight is 264 g/mol. The number of rotatable bonds is 4. The molecule has 1 aromatic rings. The van der Waals surface area contributed by atoms with E-state index in [9.17, 15) is 13.5 Å². The lowest BCUT2D eigenvalue weighted by atomic mass is 10.1. The highest BCUT2D eigenvalue weighted by Crippen LogP contribution is 2.26. The second-order valence-corrected chi connectivity index (χ2v) is 6.56. The first-order valence-corrected chi connectivity index (χ1v) is 6.93. The molecule has 0 saturated carbocycles. The zero-order chi connectivity index (χ0) is 12.3. The van der Waals surface area contributed by atoms with E-state index in [-0.39, 0.29) is 5.75 Å². The topological polar surface area (TPSA) is 80.4 Å². The summed E-state index contributed by atoms with van der Waals surface area (Å²) in [6.45, 7) is 1.48. The molecule has 0 saturated heterocycles. The van der Waals surface area contributed by atoms with Gasteiger partial charge in [-0.2, -0.15) is 0 Å². The molecule has 90 valence electrons. The van der Waals surface area contributed by atoms with Gasteiger partial charge in [0.15, 0.2) is 14.5 Å². The van der Waals surface area contributed by atoms with Crippen molar-refractivity contribution in [2.45, 2.75) is 17.7 Å². The maximum Gasteiger partial charge on any atom is 0.169 e. The zero-order valence-electron chi connectivity index (χ0n) is 8.80. The first-order valence-electron chi connectivity index (χ1n) is 4.77. The maximum absolute atomic E-state index is 11.5. The minimum Gasteiger partial charge on any atom is -0.399 e. The predicted molar refractivity (Wildman–Crippen MR) is 64.9 cm³/mol. The van der Waals surface area contributed by atoms with E-state index in [4.69, 9.17) is 17.3 Å². The predicted octanol–water partition coefficient (Wildman–Crippen LogP) is 1.30. The number of alkyl halides is 1. The van der Waals surface area contributed by atoms with Crippen LogP contribution in [0.1, 0.15) is 18.6 Å². The number of hydrogen-bond acceptors (Lipinski definition) is 4. The second-order valence-electron chi connectivity index (χ2n) is 3.42. The number of nitrogen functional groups attached to an aromatic ring is 1. The van der Waals surface area contributed by atoms with E-state index < -0.39 is 20.7 Å². The van der Waals surface area contributed by atoms with Crippen molar-refractivity contribution in [3.63, 3.8) is 0 Å². The lowest BCUT2D eigenvalue weighted by molar-refractivity contribution is 0.192. The molecule has 0 aliphatic heterocycles. The third-order valence-corrected chi connectivity index (χ3v) is 5.05. The number of aliphatic hydroxyl groups is 1. The third-order valence-electron chi connectivity index (χ3n) is 2.25. The van der Waals surface area contributed by atoms with Gasteiger partial charge in [0.25, 0.3) is 0 Å². The van der Waals surface area contributed by atoms with Crippen molar-refractivity contribution in [1.29, 1.82) is 0 Å². The van der Waals surface area contributed by atoms with Crippen LogP contribution in [-0.2, 0) is 9.84 Å². The second kappa shape index (κ2) is 5.03. The number of nitrogens with two attached hydrogens (primary N) is 1. The summed E-state index contributed by atoms with van der Waals surface area (Å²) in [6.07, 6.45) is -1.27. The Morgan fingerprint density at radius 1 is 1.50 bits per heavy atom. The summed E-state index contributed by atoms with van der Waals surface area (Å²) in [7, 11) is -3.48. The average Bonchev–Trinajstić information content (AvgIpc) is 2.27. The minimum atomic E-state index is -3.48. The van der Waals surface area contributed by atoms with Crippen molar-refractivity contribution in [2.24, 2.45) is 0 Å². The molecule has 0 aliphatic rings. The molecule has 0 aromatic heterocycles. The maximum atomic E-state index is 11.5. The van der Waals surface area contributed by atoms with Crippen LogP contribution < -0.4 is 5.73 Å². The number of sulfone groups is 1. The van der Waals surface area contributed by atoms with Crippen molar-refractivity contribution in [2.75, 3.05) is 11.5 Å². The van der Waals surface area contributed by atoms with Gasteiger partial charge in [-0.3, -0.25) is 0 Å². The molecule has 0 aliphatic carbocycles. The van der Waals surface area contributed by atoms with Gasteiger partial charge in [0.1, 0.15) is 6.10 Å². The molecule has 6 heteroatoms. The van der Waals surface area contributed by atoms with Crippen LogP contribution in [0.4, 0.5) is 5.69 Å². The van der Waals surface area contributed by atoms with Crippen LogP contribution in [-0.4, -0.2) is 24.0 Å². The van der Waals surface area contributed by atoms with Gasteiger partial charge < -0.3 is 10.8 Å². The number of halogens is 1. The quantitative estimate of drug-likeness (QED) is 0.634. The van der Waals surface area contributed by atoms with Gasteiger partial charge in [-0.25, -0.2) is 8.42 Å². The van der Waals surface area contributed by atoms with E-state index in [0.29, 0.717) is 11.3 Å². The van der Waals surface area contributed by atoms with Crippen molar-refractivity contribution in [3.8, 4) is 0 Å². The van der Waals surface area contributed by atoms with Gasteiger partial charge >= 0.3 is 0 Å². The summed E-state index contributed by atoms with van der Waals surface area (Å²) in [5.41, 5.74) is 6.39. The molecule has 0 heterocycles. The Morgan fingerprint density at radius 2 is 2.12 bits per heavy atom. The highest BCUT2D eigenvalue weighted by atomic mass is 35.5. The Labute approximate surface area is 100.0 Å². The van der Waals surface area contributed by atoms with Crippen LogP contribution >= 0.6 is 11.6 Å². The van der Waals surface area contributed by atoms with Crippen molar-refractivity contribution < 1.29 is 13.5 Å². The van der Waals surface area contributed by atoms with E-state index in [1.54, 1.807) is 18.2 Å². The fourth-order valence-corrected chi connectivity index (χ4v) is 2.64. The van der Waals surface area contributed by atoms with E-state index in [0.717, 1.165) is 0 Å². The number of anilines is 1. The molecule has 3 N–H and O–H groups in total. The van der Waals surface area contributed by atoms with Gasteiger partial charge in [0, 0.05) is 11.4 Å². The fourth-order valence-electron chi connectivity index (χ4n) is 1.25. The Bertz CT molecular complexity index is 461. The van der Waals surface area contributed by atoms with E-state index in [1.165, 1.54) is 13.0 Å². The molecule has 0 unspecified atom stereocenters. The summed E-state index contributed by atoms with van der Waals surface area (Å²) >= 11 is 5.73. The molecular weight excluding hydrogens is 250 g/mol. The highest BCUT2D eigenvalue weighted by Gasteiger charge is 2.29. The molecule has 0 bridgehead atoms. The number of hydrogen-bond donors (Lipinski definition) is 2. The molecule has 0 radical (unpaired) electrons. The van der Waals surface area contributed by atoms with Gasteiger partial charge in [-0.15, -0.1) is 11.6 Å². The van der Waals surface area contributed by atoms with Crippen molar-refractivity contribution in [1.82, 2.24) is 0 Å². The minimum absolute atomic E-state index is 0.111. The molecule has 0 amide bonds. The van der Waals surface area contributed by atoms with Crippen molar-refractivity contribution in [3.05, 3.63) is 29.8 Å². The van der Waals surface area contributed by atoms with Crippen LogP contribution in [0.5, 0.6) is 0 Å². The van der Waals surface area contributed by atoms with Gasteiger partial charge in [-0.05, 0) is 17.7 Å². The van der Waals surface area contributed by atoms with Gasteiger partial charge in [0.2, 0.25) is 0 Å². The Morgan fingerprint density at radius 3 is 2.62 bits per heavy atom. The van der Waals surface area contributed by atoms with E-state index in [2.05, 4.69) is 0 Å². The van der Waals surface area contributed by atoms with E-state index >= 15 is 0 Å². The largest absolute Gasteiger partial charge is 0.399 e. The molecule has 0 spiro atoms. The summed E-state index contributed by atoms with van der Waals surface area (Å²) in [4.78, 5) is 0. The van der Waals surface area contributed by atoms with E-state index in [1.807, 2.05) is 0 Å². The smallest absolute Gasteiger partial charge is 0.169 e. The lowest BCUT2D eigenvalue weighted by Crippen LogP contribution is -2.24. The summed E-state index contributed by atoms with van der Waals surface area (Å²) in [6, 6.07) is 6.37. The molecule has 2 atom stereocenters. The highest BCUT2D eigenvalue weighted by molar-refractivity contribution is 7.93. The Kier molecular flexibility index (Phi) is 4.18. The lowest BCUT2D eigenvalue weighted by Gasteiger charge is -2.17. The monoisotopic (exact) mass is 263 g/mol. The van der Waals surface area contributed by atoms with Crippen LogP contribution in [0, 0.1) is 0 Å². The first-order chi connectivity index (χ1) is 7.38. The molecular formula is C10H14ClNO3S. The molecule has 16 heavy (non-hydrogen) atoms. The standard InChI is InChI=1S/C10H14ClNO3S/c1-2-16(14,15)10(11)9(13)7-4-3-5-8(12)6-7/h3-6,9-10,13H,2,12H2,1H3/t9-,10-/m1/s1. The van der Waals surface area contributed by atoms with Crippen LogP contribution in [0.25, 0.3) is 0 Å². The first kappa shape index (κ1) is 13.3. The number of benzene rings is 1. The zero-order valence-corrected chi connectivity index (χ0v) is 10.4.